The third-order valence-corrected chi connectivity index (χ3v) is 15.4. The summed E-state index contributed by atoms with van der Waals surface area (Å²) in [5, 5.41) is 20.5. The Bertz CT molecular complexity index is 2320. The van der Waals surface area contributed by atoms with Crippen LogP contribution in [0.2, 0.25) is 0 Å². The first-order valence-corrected chi connectivity index (χ1v) is 30.5. The second-order valence-corrected chi connectivity index (χ2v) is 25.6. The van der Waals surface area contributed by atoms with Crippen LogP contribution in [0.3, 0.4) is 0 Å². The molecule has 0 saturated carbocycles. The number of carboxylic acids is 1. The maximum absolute atomic E-state index is 15.0. The Kier molecular flexibility index (Phi) is 34.7. The number of hydrogen-bond acceptors (Lipinski definition) is 12. The van der Waals surface area contributed by atoms with E-state index in [2.05, 4.69) is 21.3 Å². The monoisotopic (exact) mass is 1200 g/mol. The first-order chi connectivity index (χ1) is 39.2. The minimum absolute atomic E-state index is 0.00490. The summed E-state index contributed by atoms with van der Waals surface area (Å²) in [5.74, 6) is -8.54. The fourth-order valence-corrected chi connectivity index (χ4v) is 10.2. The van der Waals surface area contributed by atoms with Crippen molar-refractivity contribution in [2.24, 2.45) is 47.3 Å². The van der Waals surface area contributed by atoms with Crippen molar-refractivity contribution >= 4 is 64.9 Å². The van der Waals surface area contributed by atoms with Gasteiger partial charge in [0, 0.05) is 54.6 Å². The van der Waals surface area contributed by atoms with E-state index in [1.54, 1.807) is 33.9 Å². The molecule has 0 unspecified atom stereocenters. The number of nitrogens with zero attached hydrogens (tertiary/aromatic N) is 6. The van der Waals surface area contributed by atoms with Gasteiger partial charge in [-0.05, 0) is 108 Å². The number of carboxylic acid groups (broad SMARTS) is 1. The molecule has 486 valence electrons. The minimum Gasteiger partial charge on any atom is -0.480 e. The first-order valence-electron chi connectivity index (χ1n) is 30.5. The van der Waals surface area contributed by atoms with Crippen LogP contribution in [0, 0.1) is 47.3 Å². The number of hydrogen-bond donors (Lipinski definition) is 5. The summed E-state index contributed by atoms with van der Waals surface area (Å²) in [5.41, 5.74) is -0.0889. The smallest absolute Gasteiger partial charge is 0.323 e. The van der Waals surface area contributed by atoms with Crippen LogP contribution in [0.15, 0.2) is 23.9 Å². The molecule has 0 aliphatic heterocycles. The zero-order valence-electron chi connectivity index (χ0n) is 56.2. The van der Waals surface area contributed by atoms with Gasteiger partial charge in [0.25, 0.3) is 5.91 Å². The van der Waals surface area contributed by atoms with E-state index in [0.717, 1.165) is 9.80 Å². The van der Waals surface area contributed by atoms with Crippen molar-refractivity contribution in [3.8, 4) is 0 Å². The molecule has 10 atom stereocenters. The van der Waals surface area contributed by atoms with Gasteiger partial charge < -0.3 is 55.8 Å². The summed E-state index contributed by atoms with van der Waals surface area (Å²) >= 11 is 0. The molecule has 0 saturated heterocycles. The summed E-state index contributed by atoms with van der Waals surface area (Å²) in [6, 6.07) is -8.33. The Morgan fingerprint density at radius 3 is 1.40 bits per heavy atom. The van der Waals surface area contributed by atoms with Gasteiger partial charge in [-0.1, -0.05) is 115 Å². The number of nitrogens with one attached hydrogen (secondary N) is 4. The van der Waals surface area contributed by atoms with Crippen molar-refractivity contribution < 1.29 is 57.8 Å². The van der Waals surface area contributed by atoms with Crippen molar-refractivity contribution in [2.75, 3.05) is 55.9 Å². The summed E-state index contributed by atoms with van der Waals surface area (Å²) in [7, 11) is 10.4. The second kappa shape index (κ2) is 37.4. The number of allylic oxidation sites excluding steroid dienone is 3. The quantitative estimate of drug-likeness (QED) is 0.0388. The molecule has 0 aliphatic carbocycles. The Hall–Kier alpha value is -6.19. The molecule has 22 heteroatoms. The predicted molar refractivity (Wildman–Crippen MR) is 332 cm³/mol. The van der Waals surface area contributed by atoms with Crippen molar-refractivity contribution in [2.45, 2.75) is 211 Å². The number of likely N-dealkylation sites (N-methyl/N-ethyl adjacent to an activating group) is 7. The van der Waals surface area contributed by atoms with E-state index in [4.69, 9.17) is 0 Å². The Morgan fingerprint density at radius 1 is 0.506 bits per heavy atom. The lowest BCUT2D eigenvalue weighted by atomic mass is 9.85. The van der Waals surface area contributed by atoms with E-state index in [1.807, 2.05) is 95.2 Å². The molecule has 0 aromatic heterocycles. The third-order valence-electron chi connectivity index (χ3n) is 15.4. The van der Waals surface area contributed by atoms with Crippen LogP contribution >= 0.6 is 0 Å². The van der Waals surface area contributed by atoms with E-state index in [-0.39, 0.29) is 85.0 Å². The van der Waals surface area contributed by atoms with Gasteiger partial charge in [-0.2, -0.15) is 0 Å². The van der Waals surface area contributed by atoms with E-state index >= 15 is 4.79 Å². The highest BCUT2D eigenvalue weighted by Gasteiger charge is 2.43. The zero-order chi connectivity index (χ0) is 66.2. The van der Waals surface area contributed by atoms with E-state index in [1.165, 1.54) is 75.7 Å². The van der Waals surface area contributed by atoms with Gasteiger partial charge in [0.15, 0.2) is 5.78 Å². The first kappa shape index (κ1) is 78.8. The van der Waals surface area contributed by atoms with Crippen LogP contribution < -0.4 is 21.3 Å². The normalized spacial score (nSPS) is 15.5. The average molecular weight is 1200 g/mol. The third kappa shape index (κ3) is 25.0. The molecule has 0 spiro atoms. The molecular formula is C63H112N10O12. The fourth-order valence-electron chi connectivity index (χ4n) is 10.2. The van der Waals surface area contributed by atoms with Gasteiger partial charge in [-0.3, -0.25) is 52.7 Å². The predicted octanol–water partition coefficient (Wildman–Crippen LogP) is 5.35. The number of Topliss-reactive ketones (excluding diaryl/α,β-unsaturated/α-hetero) is 1. The largest absolute Gasteiger partial charge is 0.480 e. The van der Waals surface area contributed by atoms with Crippen LogP contribution in [0.25, 0.3) is 0 Å². The summed E-state index contributed by atoms with van der Waals surface area (Å²) in [6.45, 7) is 30.3. The summed E-state index contributed by atoms with van der Waals surface area (Å²) in [6.07, 6.45) is 7.18. The lowest BCUT2D eigenvalue weighted by molar-refractivity contribution is -0.154. The lowest BCUT2D eigenvalue weighted by Crippen LogP contribution is -2.60. The number of rotatable bonds is 37. The Labute approximate surface area is 509 Å². The van der Waals surface area contributed by atoms with Crippen LogP contribution in [0.1, 0.15) is 163 Å². The van der Waals surface area contributed by atoms with Crippen LogP contribution in [-0.2, 0) is 52.7 Å². The Balaban J connectivity index is 6.92. The zero-order valence-corrected chi connectivity index (χ0v) is 56.2. The number of carbonyl (C=O) groups is 11. The van der Waals surface area contributed by atoms with Gasteiger partial charge in [-0.25, -0.2) is 0 Å². The van der Waals surface area contributed by atoms with Crippen LogP contribution in [0.4, 0.5) is 0 Å². The standard InChI is InChI=1S/C63H112N10O12/c1-25-27-28-42(15)33-49(57(79)67-46(26-2)60(82)68(19)35-53(75)76)70(21)63(85)54(41(13)14)73(24)62(84)51(32-39(9)10)72(23)61(83)50(31-38(7)8)71(22)58(80)44(17)66-55(77)43(16)65-56(78)48(30-37(5)6)69(20)59(81)45(40(11)12)34-52(74)47(64-18)29-36(3)4/h25,27,33,36-48,50-51,54,64H,26,28-32,34-35H2,1-24H3,(H,65,78)(H,66,77)(H,67,79)(H,75,76)/b27-25+,49-33+/t42-,43+,44-,45+,46+,47+,48+,50+,51+,54+/m1/s1. The van der Waals surface area contributed by atoms with Gasteiger partial charge >= 0.3 is 5.97 Å². The highest BCUT2D eigenvalue weighted by molar-refractivity contribution is 6.02. The number of amides is 9. The lowest BCUT2D eigenvalue weighted by Gasteiger charge is -2.40. The highest BCUT2D eigenvalue weighted by Crippen LogP contribution is 2.26. The molecule has 0 radical (unpaired) electrons. The number of carbonyl (C=O) groups excluding carboxylic acids is 10. The van der Waals surface area contributed by atoms with Crippen molar-refractivity contribution in [1.82, 2.24) is 50.7 Å². The summed E-state index contributed by atoms with van der Waals surface area (Å²) in [4.78, 5) is 161. The van der Waals surface area contributed by atoms with Gasteiger partial charge in [0.2, 0.25) is 47.3 Å². The van der Waals surface area contributed by atoms with E-state index in [9.17, 15) is 53.1 Å². The number of aliphatic carboxylic acids is 1. The SMILES string of the molecule is C/C=C/C[C@@H](C)/C=C(\C(=O)N[C@@H](CC)C(=O)N(C)CC(=O)O)N(C)C(=O)[C@H](C(C)C)N(C)C(=O)[C@H](CC(C)C)N(C)C(=O)[C@H](CC(C)C)N(C)C(=O)[C@@H](C)NC(=O)[C@H](C)NC(=O)[C@H](CC(C)C)N(C)C(=O)[C@@H](CC(=O)[C@H](CC(C)C)NC)C(C)C. The molecule has 0 bridgehead atoms. The average Bonchev–Trinajstić information content (AvgIpc) is 3.51. The molecule has 5 N–H and O–H groups in total. The van der Waals surface area contributed by atoms with Crippen LogP contribution in [0.5, 0.6) is 0 Å². The van der Waals surface area contributed by atoms with Gasteiger partial charge in [0.05, 0.1) is 6.04 Å². The summed E-state index contributed by atoms with van der Waals surface area (Å²) < 4.78 is 0. The molecule has 0 heterocycles. The molecule has 0 aromatic carbocycles. The minimum atomic E-state index is -1.23. The maximum Gasteiger partial charge on any atom is 0.323 e. The second-order valence-electron chi connectivity index (χ2n) is 25.6. The molecule has 22 nitrogen and oxygen atoms in total. The van der Waals surface area contributed by atoms with E-state index in [0.29, 0.717) is 12.8 Å². The van der Waals surface area contributed by atoms with Crippen molar-refractivity contribution in [1.29, 1.82) is 0 Å². The fraction of sp³-hybridized carbons (Fsp3) is 0.762. The molecule has 0 aromatic rings. The highest BCUT2D eigenvalue weighted by atomic mass is 16.4. The molecule has 0 rings (SSSR count). The van der Waals surface area contributed by atoms with Crippen LogP contribution in [-0.4, -0.2) is 204 Å². The van der Waals surface area contributed by atoms with E-state index < -0.39 is 120 Å². The number of ketones is 1. The molecule has 0 aliphatic rings. The topological polar surface area (TPSA) is 276 Å². The molecule has 9 amide bonds. The Morgan fingerprint density at radius 2 is 0.965 bits per heavy atom. The van der Waals surface area contributed by atoms with Gasteiger partial charge in [-0.15, -0.1) is 0 Å². The van der Waals surface area contributed by atoms with Gasteiger partial charge in [0.1, 0.15) is 54.5 Å². The maximum atomic E-state index is 15.0. The molecular weight excluding hydrogens is 1090 g/mol. The van der Waals surface area contributed by atoms with Crippen molar-refractivity contribution in [3.63, 3.8) is 0 Å². The van der Waals surface area contributed by atoms with Crippen molar-refractivity contribution in [3.05, 3.63) is 23.9 Å². The molecule has 85 heavy (non-hydrogen) atoms. The molecule has 0 fully saturated rings.